The summed E-state index contributed by atoms with van der Waals surface area (Å²) < 4.78 is 22.8. The van der Waals surface area contributed by atoms with Crippen LogP contribution in [0.3, 0.4) is 0 Å². The van der Waals surface area contributed by atoms with E-state index in [9.17, 15) is 35.4 Å². The van der Waals surface area contributed by atoms with Crippen LogP contribution < -0.4 is 0 Å². The van der Waals surface area contributed by atoms with E-state index in [1.165, 1.54) is 6.92 Å². The first-order valence-corrected chi connectivity index (χ1v) is 12.9. The number of ether oxygens (including phenoxy) is 4. The molecule has 3 aliphatic rings. The summed E-state index contributed by atoms with van der Waals surface area (Å²) in [5, 5.41) is 61.4. The predicted molar refractivity (Wildman–Crippen MR) is 125 cm³/mol. The maximum atomic E-state index is 11.5. The molecule has 0 bridgehead atoms. The molecule has 0 unspecified atom stereocenters. The molecule has 1 aliphatic carbocycles. The van der Waals surface area contributed by atoms with Crippen molar-refractivity contribution in [2.24, 2.45) is 17.3 Å². The van der Waals surface area contributed by atoms with E-state index in [-0.39, 0.29) is 29.8 Å². The van der Waals surface area contributed by atoms with Crippen LogP contribution in [0.25, 0.3) is 0 Å². The van der Waals surface area contributed by atoms with Crippen molar-refractivity contribution in [1.82, 2.24) is 0 Å². The Labute approximate surface area is 212 Å². The molecule has 210 valence electrons. The standard InChI is InChI=1S/C25H44O11/c1-11-8-14(9-25(4,5)15(11)7-6-12(2)26)35-24-22(32)20(30)18(28)16(36-24)10-33-23-21(31)19(29)17(27)13(3)34-23/h11,13-24,27-32H,6-10H2,1-5H3/t11-,13+,14-,15+,16-,17+,18-,19-,20+,21-,22-,23-,24-/m1/s1. The van der Waals surface area contributed by atoms with Gasteiger partial charge in [0.15, 0.2) is 12.6 Å². The molecule has 6 N–H and O–H groups in total. The lowest BCUT2D eigenvalue weighted by atomic mass is 9.61. The Hall–Kier alpha value is -0.730. The monoisotopic (exact) mass is 520 g/mol. The Morgan fingerprint density at radius 1 is 0.889 bits per heavy atom. The average molecular weight is 521 g/mol. The Balaban J connectivity index is 1.61. The van der Waals surface area contributed by atoms with Gasteiger partial charge in [0.05, 0.1) is 18.8 Å². The Kier molecular flexibility index (Phi) is 9.92. The summed E-state index contributed by atoms with van der Waals surface area (Å²) in [4.78, 5) is 11.5. The third kappa shape index (κ3) is 6.63. The highest BCUT2D eigenvalue weighted by Gasteiger charge is 2.49. The number of carbonyl (C=O) groups excluding carboxylic acids is 1. The minimum absolute atomic E-state index is 0.116. The van der Waals surface area contributed by atoms with Gasteiger partial charge in [-0.3, -0.25) is 0 Å². The van der Waals surface area contributed by atoms with E-state index in [4.69, 9.17) is 18.9 Å². The molecule has 2 aliphatic heterocycles. The fourth-order valence-electron chi connectivity index (χ4n) is 6.01. The zero-order valence-corrected chi connectivity index (χ0v) is 21.8. The molecule has 13 atom stereocenters. The lowest BCUT2D eigenvalue weighted by Crippen LogP contribution is -2.61. The van der Waals surface area contributed by atoms with E-state index in [1.807, 2.05) is 0 Å². The highest BCUT2D eigenvalue weighted by Crippen LogP contribution is 2.47. The largest absolute Gasteiger partial charge is 0.388 e. The summed E-state index contributed by atoms with van der Waals surface area (Å²) in [6.45, 7) is 9.18. The molecule has 0 aromatic heterocycles. The van der Waals surface area contributed by atoms with E-state index in [0.29, 0.717) is 25.2 Å². The van der Waals surface area contributed by atoms with Crippen LogP contribution >= 0.6 is 0 Å². The van der Waals surface area contributed by atoms with Crippen LogP contribution in [0.4, 0.5) is 0 Å². The number of ketones is 1. The van der Waals surface area contributed by atoms with Gasteiger partial charge in [-0.15, -0.1) is 0 Å². The number of rotatable bonds is 8. The molecule has 0 spiro atoms. The van der Waals surface area contributed by atoms with Crippen molar-refractivity contribution in [3.63, 3.8) is 0 Å². The molecule has 3 rings (SSSR count). The second-order valence-electron chi connectivity index (χ2n) is 11.5. The molecule has 0 amide bonds. The van der Waals surface area contributed by atoms with Crippen molar-refractivity contribution in [3.05, 3.63) is 0 Å². The molecule has 36 heavy (non-hydrogen) atoms. The van der Waals surface area contributed by atoms with Crippen LogP contribution in [0, 0.1) is 17.3 Å². The molecule has 1 saturated carbocycles. The van der Waals surface area contributed by atoms with Crippen molar-refractivity contribution >= 4 is 5.78 Å². The van der Waals surface area contributed by atoms with Gasteiger partial charge in [-0.05, 0) is 50.4 Å². The van der Waals surface area contributed by atoms with Crippen LogP contribution in [0.15, 0.2) is 0 Å². The SMILES string of the molecule is CC(=O)CC[C@H]1[C@H](C)C[C@@H](O[C@@H]2O[C@H](CO[C@@H]3O[C@@H](C)[C@H](O)[C@@H](O)[C@H]3O)[C@@H](O)[C@H](O)[C@H]2O)CC1(C)C. The number of aliphatic hydroxyl groups excluding tert-OH is 6. The van der Waals surface area contributed by atoms with Gasteiger partial charge < -0.3 is 54.4 Å². The fourth-order valence-corrected chi connectivity index (χ4v) is 6.01. The molecule has 11 heteroatoms. The van der Waals surface area contributed by atoms with Crippen LogP contribution in [0.5, 0.6) is 0 Å². The van der Waals surface area contributed by atoms with E-state index < -0.39 is 61.4 Å². The number of hydrogen-bond acceptors (Lipinski definition) is 11. The molecule has 0 radical (unpaired) electrons. The van der Waals surface area contributed by atoms with Crippen molar-refractivity contribution in [2.45, 2.75) is 128 Å². The third-order valence-electron chi connectivity index (χ3n) is 8.11. The van der Waals surface area contributed by atoms with Gasteiger partial charge in [0.25, 0.3) is 0 Å². The van der Waals surface area contributed by atoms with Gasteiger partial charge in [-0.2, -0.15) is 0 Å². The normalized spacial score (nSPS) is 47.5. The van der Waals surface area contributed by atoms with Crippen molar-refractivity contribution in [3.8, 4) is 0 Å². The predicted octanol–water partition coefficient (Wildman–Crippen LogP) is -0.535. The number of carbonyl (C=O) groups is 1. The first-order chi connectivity index (χ1) is 16.7. The molecule has 2 saturated heterocycles. The van der Waals surface area contributed by atoms with Gasteiger partial charge >= 0.3 is 0 Å². The summed E-state index contributed by atoms with van der Waals surface area (Å²) in [5.41, 5.74) is -0.116. The smallest absolute Gasteiger partial charge is 0.186 e. The molecular weight excluding hydrogens is 476 g/mol. The third-order valence-corrected chi connectivity index (χ3v) is 8.11. The van der Waals surface area contributed by atoms with Crippen molar-refractivity contribution in [2.75, 3.05) is 6.61 Å². The highest BCUT2D eigenvalue weighted by molar-refractivity contribution is 5.75. The lowest BCUT2D eigenvalue weighted by molar-refractivity contribution is -0.336. The van der Waals surface area contributed by atoms with Gasteiger partial charge in [0.2, 0.25) is 0 Å². The zero-order valence-electron chi connectivity index (χ0n) is 21.8. The summed E-state index contributed by atoms with van der Waals surface area (Å²) in [6, 6.07) is 0. The minimum atomic E-state index is -1.56. The minimum Gasteiger partial charge on any atom is -0.388 e. The molecule has 2 heterocycles. The summed E-state index contributed by atoms with van der Waals surface area (Å²) in [7, 11) is 0. The Bertz CT molecular complexity index is 733. The van der Waals surface area contributed by atoms with Crippen LogP contribution in [0.2, 0.25) is 0 Å². The molecule has 11 nitrogen and oxygen atoms in total. The second-order valence-corrected chi connectivity index (χ2v) is 11.5. The number of Topliss-reactive ketones (excluding diaryl/α,β-unsaturated/α-hetero) is 1. The second kappa shape index (κ2) is 12.0. The summed E-state index contributed by atoms with van der Waals surface area (Å²) in [6.07, 6.45) is -10.8. The molecule has 0 aromatic rings. The van der Waals surface area contributed by atoms with Gasteiger partial charge in [-0.1, -0.05) is 20.8 Å². The quantitative estimate of drug-likeness (QED) is 0.242. The maximum Gasteiger partial charge on any atom is 0.186 e. The van der Waals surface area contributed by atoms with Crippen molar-refractivity contribution in [1.29, 1.82) is 0 Å². The van der Waals surface area contributed by atoms with E-state index >= 15 is 0 Å². The van der Waals surface area contributed by atoms with Crippen LogP contribution in [-0.4, -0.2) is 111 Å². The topological polar surface area (TPSA) is 175 Å². The first-order valence-electron chi connectivity index (χ1n) is 12.9. The fraction of sp³-hybridized carbons (Fsp3) is 0.960. The van der Waals surface area contributed by atoms with Crippen LogP contribution in [-0.2, 0) is 23.7 Å². The number of hydrogen-bond donors (Lipinski definition) is 6. The summed E-state index contributed by atoms with van der Waals surface area (Å²) in [5.74, 6) is 0.773. The molecule has 0 aromatic carbocycles. The first kappa shape index (κ1) is 29.8. The lowest BCUT2D eigenvalue weighted by Gasteiger charge is -2.48. The van der Waals surface area contributed by atoms with Crippen molar-refractivity contribution < 1.29 is 54.4 Å². The number of aliphatic hydroxyl groups is 6. The van der Waals surface area contributed by atoms with Crippen LogP contribution in [0.1, 0.15) is 60.3 Å². The Morgan fingerprint density at radius 2 is 1.50 bits per heavy atom. The molecule has 3 fully saturated rings. The van der Waals surface area contributed by atoms with Gasteiger partial charge in [-0.25, -0.2) is 0 Å². The van der Waals surface area contributed by atoms with E-state index in [0.717, 1.165) is 6.42 Å². The van der Waals surface area contributed by atoms with Gasteiger partial charge in [0.1, 0.15) is 48.5 Å². The van der Waals surface area contributed by atoms with E-state index in [1.54, 1.807) is 6.92 Å². The highest BCUT2D eigenvalue weighted by atomic mass is 16.7. The zero-order chi connectivity index (χ0) is 26.9. The maximum absolute atomic E-state index is 11.5. The molecular formula is C25H44O11. The average Bonchev–Trinajstić information content (AvgIpc) is 2.79. The van der Waals surface area contributed by atoms with Gasteiger partial charge in [0, 0.05) is 6.42 Å². The summed E-state index contributed by atoms with van der Waals surface area (Å²) >= 11 is 0. The van der Waals surface area contributed by atoms with E-state index in [2.05, 4.69) is 20.8 Å². The Morgan fingerprint density at radius 3 is 2.11 bits per heavy atom.